The molecule has 68 valence electrons. The fourth-order valence-corrected chi connectivity index (χ4v) is 2.19. The molecule has 0 aliphatic carbocycles. The van der Waals surface area contributed by atoms with Gasteiger partial charge in [0.15, 0.2) is 0 Å². The first-order valence-corrected chi connectivity index (χ1v) is 4.30. The van der Waals surface area contributed by atoms with Crippen LogP contribution in [0.4, 0.5) is 0 Å². The first-order chi connectivity index (χ1) is 5.62. The van der Waals surface area contributed by atoms with Crippen LogP contribution in [0.5, 0.6) is 0 Å². The van der Waals surface area contributed by atoms with Gasteiger partial charge in [-0.25, -0.2) is 0 Å². The standard InChI is InChI=1S/C8H14N2O2/c1-10-3-2-6-7(11)9-4-8(6,12)5-10/h6,12H,2-5H2,1H3,(H,9,11)/t6-,8-/m1/s1. The largest absolute Gasteiger partial charge is 0.386 e. The maximum atomic E-state index is 11.2. The number of likely N-dealkylation sites (tertiary alicyclic amines) is 1. The molecular formula is C8H14N2O2. The van der Waals surface area contributed by atoms with Crippen LogP contribution in [-0.2, 0) is 4.79 Å². The van der Waals surface area contributed by atoms with E-state index in [1.807, 2.05) is 7.05 Å². The van der Waals surface area contributed by atoms with E-state index in [9.17, 15) is 9.90 Å². The topological polar surface area (TPSA) is 52.6 Å². The molecule has 2 fully saturated rings. The Labute approximate surface area is 71.5 Å². The van der Waals surface area contributed by atoms with E-state index in [0.717, 1.165) is 13.0 Å². The second-order valence-corrected chi connectivity index (χ2v) is 3.90. The number of fused-ring (bicyclic) bond motifs is 1. The third kappa shape index (κ3) is 1.03. The molecule has 0 bridgehead atoms. The average Bonchev–Trinajstić information content (AvgIpc) is 2.27. The predicted molar refractivity (Wildman–Crippen MR) is 43.6 cm³/mol. The lowest BCUT2D eigenvalue weighted by molar-refractivity contribution is -0.129. The van der Waals surface area contributed by atoms with E-state index in [1.165, 1.54) is 0 Å². The van der Waals surface area contributed by atoms with Gasteiger partial charge in [0.05, 0.1) is 5.92 Å². The Hall–Kier alpha value is -0.610. The number of hydrogen-bond donors (Lipinski definition) is 2. The SMILES string of the molecule is CN1CC[C@@H]2C(=O)NC[C@@]2(O)C1. The van der Waals surface area contributed by atoms with Gasteiger partial charge in [-0.1, -0.05) is 0 Å². The molecule has 2 rings (SSSR count). The summed E-state index contributed by atoms with van der Waals surface area (Å²) in [6.07, 6.45) is 0.777. The third-order valence-corrected chi connectivity index (χ3v) is 2.88. The molecule has 0 radical (unpaired) electrons. The number of rotatable bonds is 0. The van der Waals surface area contributed by atoms with Crippen molar-refractivity contribution in [1.29, 1.82) is 0 Å². The lowest BCUT2D eigenvalue weighted by Gasteiger charge is -2.37. The average molecular weight is 170 g/mol. The Balaban J connectivity index is 2.19. The Morgan fingerprint density at radius 2 is 2.50 bits per heavy atom. The van der Waals surface area contributed by atoms with E-state index >= 15 is 0 Å². The summed E-state index contributed by atoms with van der Waals surface area (Å²) in [6, 6.07) is 0. The van der Waals surface area contributed by atoms with Gasteiger partial charge in [-0.05, 0) is 20.0 Å². The number of hydrogen-bond acceptors (Lipinski definition) is 3. The molecule has 0 unspecified atom stereocenters. The van der Waals surface area contributed by atoms with Gasteiger partial charge >= 0.3 is 0 Å². The first-order valence-electron chi connectivity index (χ1n) is 4.30. The smallest absolute Gasteiger partial charge is 0.226 e. The van der Waals surface area contributed by atoms with Crippen LogP contribution in [0, 0.1) is 5.92 Å². The first kappa shape index (κ1) is 8.01. The molecule has 0 spiro atoms. The predicted octanol–water partition coefficient (Wildman–Crippen LogP) is -1.20. The number of likely N-dealkylation sites (N-methyl/N-ethyl adjacent to an activating group) is 1. The maximum absolute atomic E-state index is 11.2. The normalized spacial score (nSPS) is 42.5. The minimum Gasteiger partial charge on any atom is -0.386 e. The number of nitrogens with zero attached hydrogens (tertiary/aromatic N) is 1. The fourth-order valence-electron chi connectivity index (χ4n) is 2.19. The van der Waals surface area contributed by atoms with Crippen molar-refractivity contribution in [3.63, 3.8) is 0 Å². The molecule has 0 aromatic rings. The highest BCUT2D eigenvalue weighted by Gasteiger charge is 2.49. The number of amides is 1. The van der Waals surface area contributed by atoms with E-state index in [4.69, 9.17) is 0 Å². The molecule has 2 saturated heterocycles. The van der Waals surface area contributed by atoms with Gasteiger partial charge < -0.3 is 15.3 Å². The number of nitrogens with one attached hydrogen (secondary N) is 1. The highest BCUT2D eigenvalue weighted by molar-refractivity contribution is 5.82. The van der Waals surface area contributed by atoms with Crippen LogP contribution in [0.25, 0.3) is 0 Å². The third-order valence-electron chi connectivity index (χ3n) is 2.88. The number of carbonyl (C=O) groups is 1. The number of β-amino-alcohol motifs (C(OH)–C–C–N with tert-alkyl or cyclic N) is 1. The van der Waals surface area contributed by atoms with Crippen LogP contribution in [-0.4, -0.2) is 48.2 Å². The fraction of sp³-hybridized carbons (Fsp3) is 0.875. The van der Waals surface area contributed by atoms with Gasteiger partial charge in [-0.2, -0.15) is 0 Å². The molecular weight excluding hydrogens is 156 g/mol. The van der Waals surface area contributed by atoms with Crippen LogP contribution >= 0.6 is 0 Å². The van der Waals surface area contributed by atoms with Gasteiger partial charge in [0.1, 0.15) is 5.60 Å². The van der Waals surface area contributed by atoms with Gasteiger partial charge in [0.2, 0.25) is 5.91 Å². The summed E-state index contributed by atoms with van der Waals surface area (Å²) in [4.78, 5) is 13.3. The number of piperidine rings is 1. The van der Waals surface area contributed by atoms with Crippen molar-refractivity contribution in [1.82, 2.24) is 10.2 Å². The number of aliphatic hydroxyl groups is 1. The minimum absolute atomic E-state index is 0.0191. The van der Waals surface area contributed by atoms with Gasteiger partial charge in [0.25, 0.3) is 0 Å². The van der Waals surface area contributed by atoms with Crippen molar-refractivity contribution in [3.05, 3.63) is 0 Å². The molecule has 0 aromatic carbocycles. The highest BCUT2D eigenvalue weighted by atomic mass is 16.3. The van der Waals surface area contributed by atoms with Gasteiger partial charge in [-0.3, -0.25) is 4.79 Å². The Kier molecular flexibility index (Phi) is 1.63. The number of carbonyl (C=O) groups excluding carboxylic acids is 1. The van der Waals surface area contributed by atoms with Crippen molar-refractivity contribution in [2.45, 2.75) is 12.0 Å². The molecule has 2 heterocycles. The van der Waals surface area contributed by atoms with Gasteiger partial charge in [-0.15, -0.1) is 0 Å². The summed E-state index contributed by atoms with van der Waals surface area (Å²) in [5, 5.41) is 12.7. The lowest BCUT2D eigenvalue weighted by atomic mass is 9.84. The molecule has 2 N–H and O–H groups in total. The van der Waals surface area contributed by atoms with E-state index in [2.05, 4.69) is 10.2 Å². The zero-order valence-electron chi connectivity index (χ0n) is 7.21. The highest BCUT2D eigenvalue weighted by Crippen LogP contribution is 2.30. The molecule has 0 aromatic heterocycles. The molecule has 0 saturated carbocycles. The molecule has 12 heavy (non-hydrogen) atoms. The van der Waals surface area contributed by atoms with Crippen molar-refractivity contribution in [2.75, 3.05) is 26.7 Å². The Morgan fingerprint density at radius 3 is 3.25 bits per heavy atom. The second kappa shape index (κ2) is 2.44. The van der Waals surface area contributed by atoms with Gasteiger partial charge in [0, 0.05) is 13.1 Å². The summed E-state index contributed by atoms with van der Waals surface area (Å²) < 4.78 is 0. The van der Waals surface area contributed by atoms with E-state index < -0.39 is 5.60 Å². The van der Waals surface area contributed by atoms with E-state index in [0.29, 0.717) is 13.1 Å². The maximum Gasteiger partial charge on any atom is 0.226 e. The monoisotopic (exact) mass is 170 g/mol. The van der Waals surface area contributed by atoms with Crippen molar-refractivity contribution >= 4 is 5.91 Å². The van der Waals surface area contributed by atoms with Crippen LogP contribution in [0.15, 0.2) is 0 Å². The van der Waals surface area contributed by atoms with E-state index in [-0.39, 0.29) is 11.8 Å². The summed E-state index contributed by atoms with van der Waals surface area (Å²) in [7, 11) is 1.97. The molecule has 4 nitrogen and oxygen atoms in total. The molecule has 2 aliphatic rings. The molecule has 2 atom stereocenters. The van der Waals surface area contributed by atoms with Crippen LogP contribution in [0.1, 0.15) is 6.42 Å². The minimum atomic E-state index is -0.802. The van der Waals surface area contributed by atoms with Crippen LogP contribution in [0.3, 0.4) is 0 Å². The zero-order chi connectivity index (χ0) is 8.77. The van der Waals surface area contributed by atoms with Crippen molar-refractivity contribution in [2.24, 2.45) is 5.92 Å². The Bertz CT molecular complexity index is 219. The van der Waals surface area contributed by atoms with Crippen molar-refractivity contribution < 1.29 is 9.90 Å². The molecule has 4 heteroatoms. The van der Waals surface area contributed by atoms with Crippen LogP contribution < -0.4 is 5.32 Å². The summed E-state index contributed by atoms with van der Waals surface area (Å²) >= 11 is 0. The molecule has 1 amide bonds. The summed E-state index contributed by atoms with van der Waals surface area (Å²) in [5.41, 5.74) is -0.802. The zero-order valence-corrected chi connectivity index (χ0v) is 7.21. The van der Waals surface area contributed by atoms with E-state index in [1.54, 1.807) is 0 Å². The summed E-state index contributed by atoms with van der Waals surface area (Å²) in [6.45, 7) is 1.93. The van der Waals surface area contributed by atoms with Crippen LogP contribution in [0.2, 0.25) is 0 Å². The summed E-state index contributed by atoms with van der Waals surface area (Å²) in [5.74, 6) is -0.153. The quantitative estimate of drug-likeness (QED) is 0.480. The lowest BCUT2D eigenvalue weighted by Crippen LogP contribution is -2.52. The Morgan fingerprint density at radius 1 is 1.75 bits per heavy atom. The second-order valence-electron chi connectivity index (χ2n) is 3.90. The molecule has 2 aliphatic heterocycles. The van der Waals surface area contributed by atoms with Crippen molar-refractivity contribution in [3.8, 4) is 0 Å².